The number of Topliss-reactive ketones (excluding diaryl/α,β-unsaturated/α-hetero) is 2. The lowest BCUT2D eigenvalue weighted by atomic mass is 9.84. The fourth-order valence-electron chi connectivity index (χ4n) is 4.33. The van der Waals surface area contributed by atoms with Crippen molar-refractivity contribution in [1.29, 1.82) is 0 Å². The number of hydrogen-bond donors (Lipinski definition) is 0. The number of carbonyl (C=O) groups excluding carboxylic acids is 2. The smallest absolute Gasteiger partial charge is 0.198 e. The fourth-order valence-corrected chi connectivity index (χ4v) is 6.47. The first kappa shape index (κ1) is 23.0. The Balaban J connectivity index is 1.64. The van der Waals surface area contributed by atoms with Crippen molar-refractivity contribution >= 4 is 50.8 Å². The van der Waals surface area contributed by atoms with Gasteiger partial charge in [-0.15, -0.1) is 11.8 Å². The third-order valence-corrected chi connectivity index (χ3v) is 8.58. The van der Waals surface area contributed by atoms with Crippen molar-refractivity contribution in [2.45, 2.75) is 24.2 Å². The summed E-state index contributed by atoms with van der Waals surface area (Å²) in [7, 11) is -3.45. The molecule has 32 heavy (non-hydrogen) atoms. The molecule has 166 valence electrons. The van der Waals surface area contributed by atoms with Gasteiger partial charge in [0.1, 0.15) is 0 Å². The van der Waals surface area contributed by atoms with Crippen LogP contribution in [0.2, 0.25) is 5.02 Å². The number of benzene rings is 2. The van der Waals surface area contributed by atoms with Gasteiger partial charge in [0.2, 0.25) is 0 Å². The number of thioether (sulfide) groups is 1. The topological polar surface area (TPSA) is 68.3 Å². The largest absolute Gasteiger partial charge is 0.294 e. The van der Waals surface area contributed by atoms with Crippen molar-refractivity contribution in [2.24, 2.45) is 11.8 Å². The first-order valence-electron chi connectivity index (χ1n) is 10.4. The van der Waals surface area contributed by atoms with Crippen LogP contribution >= 0.6 is 23.4 Å². The van der Waals surface area contributed by atoms with Crippen LogP contribution in [-0.2, 0) is 14.6 Å². The summed E-state index contributed by atoms with van der Waals surface area (Å²) in [5.74, 6) is 0.224. The number of rotatable bonds is 7. The average molecular weight is 487 g/mol. The van der Waals surface area contributed by atoms with Gasteiger partial charge < -0.3 is 0 Å². The SMILES string of the molecule is CS(=O)(=O)c1ccc(C(=O)C2=C(SCC=Cc3ccccc3)C3CCC(C3)C2=O)c(Cl)c1. The second kappa shape index (κ2) is 9.38. The van der Waals surface area contributed by atoms with Crippen LogP contribution in [0.25, 0.3) is 6.08 Å². The van der Waals surface area contributed by atoms with E-state index in [0.29, 0.717) is 5.75 Å². The Bertz CT molecular complexity index is 1230. The van der Waals surface area contributed by atoms with Crippen molar-refractivity contribution in [3.63, 3.8) is 0 Å². The van der Waals surface area contributed by atoms with Crippen molar-refractivity contribution in [3.05, 3.63) is 81.2 Å². The molecule has 2 unspecified atom stereocenters. The highest BCUT2D eigenvalue weighted by Gasteiger charge is 2.43. The van der Waals surface area contributed by atoms with Gasteiger partial charge in [0, 0.05) is 28.4 Å². The van der Waals surface area contributed by atoms with E-state index in [1.54, 1.807) is 0 Å². The van der Waals surface area contributed by atoms with Crippen molar-refractivity contribution in [2.75, 3.05) is 12.0 Å². The molecule has 2 aromatic rings. The van der Waals surface area contributed by atoms with Crippen LogP contribution < -0.4 is 0 Å². The zero-order valence-electron chi connectivity index (χ0n) is 17.6. The van der Waals surface area contributed by atoms with E-state index in [4.69, 9.17) is 11.6 Å². The van der Waals surface area contributed by atoms with Crippen LogP contribution in [0.15, 0.2) is 70.0 Å². The minimum atomic E-state index is -3.45. The maximum Gasteiger partial charge on any atom is 0.198 e. The van der Waals surface area contributed by atoms with Gasteiger partial charge in [0.15, 0.2) is 21.4 Å². The van der Waals surface area contributed by atoms with Crippen LogP contribution in [0.1, 0.15) is 35.2 Å². The van der Waals surface area contributed by atoms with Gasteiger partial charge in [-0.3, -0.25) is 9.59 Å². The number of carbonyl (C=O) groups is 2. The highest BCUT2D eigenvalue weighted by Crippen LogP contribution is 2.48. The van der Waals surface area contributed by atoms with Crippen molar-refractivity contribution in [1.82, 2.24) is 0 Å². The highest BCUT2D eigenvalue weighted by atomic mass is 35.5. The lowest BCUT2D eigenvalue weighted by Gasteiger charge is -2.24. The molecule has 0 amide bonds. The van der Waals surface area contributed by atoms with Crippen molar-refractivity contribution < 1.29 is 18.0 Å². The molecule has 0 heterocycles. The number of sulfone groups is 1. The molecule has 4 nitrogen and oxygen atoms in total. The highest BCUT2D eigenvalue weighted by molar-refractivity contribution is 8.03. The molecule has 0 radical (unpaired) electrons. The van der Waals surface area contributed by atoms with E-state index in [2.05, 4.69) is 0 Å². The number of halogens is 1. The summed E-state index contributed by atoms with van der Waals surface area (Å²) in [5.41, 5.74) is 1.49. The lowest BCUT2D eigenvalue weighted by Crippen LogP contribution is -2.26. The van der Waals surface area contributed by atoms with Crippen LogP contribution in [0.3, 0.4) is 0 Å². The van der Waals surface area contributed by atoms with Crippen LogP contribution in [0.5, 0.6) is 0 Å². The third kappa shape index (κ3) is 4.77. The minimum Gasteiger partial charge on any atom is -0.294 e. The molecular weight excluding hydrogens is 464 g/mol. The normalized spacial score (nSPS) is 20.9. The van der Waals surface area contributed by atoms with Gasteiger partial charge in [0.05, 0.1) is 15.5 Å². The fraction of sp³-hybridized carbons (Fsp3) is 0.280. The monoisotopic (exact) mass is 486 g/mol. The Morgan fingerprint density at radius 1 is 1.12 bits per heavy atom. The quantitative estimate of drug-likeness (QED) is 0.375. The molecule has 1 saturated carbocycles. The Hall–Kier alpha value is -2.15. The number of ketones is 2. The molecule has 2 aliphatic rings. The molecule has 4 rings (SSSR count). The summed E-state index contributed by atoms with van der Waals surface area (Å²) in [6, 6.07) is 14.0. The molecule has 2 bridgehead atoms. The molecule has 2 aromatic carbocycles. The van der Waals surface area contributed by atoms with E-state index in [1.165, 1.54) is 30.0 Å². The Morgan fingerprint density at radius 2 is 1.84 bits per heavy atom. The van der Waals surface area contributed by atoms with E-state index in [0.717, 1.165) is 36.0 Å². The number of hydrogen-bond acceptors (Lipinski definition) is 5. The molecule has 2 aliphatic carbocycles. The molecule has 0 saturated heterocycles. The zero-order chi connectivity index (χ0) is 22.9. The molecule has 7 heteroatoms. The maximum atomic E-state index is 13.4. The molecule has 0 N–H and O–H groups in total. The van der Waals surface area contributed by atoms with Gasteiger partial charge in [-0.25, -0.2) is 8.42 Å². The second-order valence-corrected chi connectivity index (χ2v) is 11.7. The van der Waals surface area contributed by atoms with E-state index >= 15 is 0 Å². The minimum absolute atomic E-state index is 0.0451. The van der Waals surface area contributed by atoms with E-state index in [-0.39, 0.29) is 38.7 Å². The Labute approximate surface area is 197 Å². The standard InChI is InChI=1S/C25H23ClO4S2/c1-32(29,30)19-11-12-20(21(26)15-19)24(28)22-23(27)17-9-10-18(14-17)25(22)31-13-5-8-16-6-3-2-4-7-16/h2-8,11-12,15,17-18H,9-10,13-14H2,1H3. The maximum absolute atomic E-state index is 13.4. The van der Waals surface area contributed by atoms with Gasteiger partial charge >= 0.3 is 0 Å². The molecule has 2 atom stereocenters. The average Bonchev–Trinajstić information content (AvgIpc) is 3.20. The van der Waals surface area contributed by atoms with Gasteiger partial charge in [0.25, 0.3) is 0 Å². The summed E-state index contributed by atoms with van der Waals surface area (Å²) in [6.45, 7) is 0. The first-order chi connectivity index (χ1) is 15.3. The number of fused-ring (bicyclic) bond motifs is 2. The molecule has 0 aromatic heterocycles. The van der Waals surface area contributed by atoms with Gasteiger partial charge in [-0.1, -0.05) is 54.1 Å². The number of allylic oxidation sites excluding steroid dienone is 2. The second-order valence-electron chi connectivity index (χ2n) is 8.18. The van der Waals surface area contributed by atoms with E-state index < -0.39 is 15.6 Å². The Kier molecular flexibility index (Phi) is 6.75. The van der Waals surface area contributed by atoms with E-state index in [1.807, 2.05) is 42.5 Å². The third-order valence-electron chi connectivity index (χ3n) is 5.95. The van der Waals surface area contributed by atoms with E-state index in [9.17, 15) is 18.0 Å². The molecule has 0 spiro atoms. The van der Waals surface area contributed by atoms with Gasteiger partial charge in [-0.2, -0.15) is 0 Å². The summed E-state index contributed by atoms with van der Waals surface area (Å²) < 4.78 is 23.6. The molecule has 1 fully saturated rings. The lowest BCUT2D eigenvalue weighted by molar-refractivity contribution is -0.119. The summed E-state index contributed by atoms with van der Waals surface area (Å²) in [5, 5.41) is 0.0458. The summed E-state index contributed by atoms with van der Waals surface area (Å²) in [4.78, 5) is 27.5. The van der Waals surface area contributed by atoms with Crippen LogP contribution in [-0.4, -0.2) is 32.0 Å². The van der Waals surface area contributed by atoms with Crippen LogP contribution in [0, 0.1) is 11.8 Å². The predicted molar refractivity (Wildman–Crippen MR) is 130 cm³/mol. The molecule has 0 aliphatic heterocycles. The molecular formula is C25H23ClO4S2. The summed E-state index contributed by atoms with van der Waals surface area (Å²) >= 11 is 7.83. The Morgan fingerprint density at radius 3 is 2.53 bits per heavy atom. The van der Waals surface area contributed by atoms with Gasteiger partial charge in [-0.05, 0) is 48.9 Å². The van der Waals surface area contributed by atoms with Crippen LogP contribution in [0.4, 0.5) is 0 Å². The predicted octanol–water partition coefficient (Wildman–Crippen LogP) is 5.63. The first-order valence-corrected chi connectivity index (χ1v) is 13.7. The van der Waals surface area contributed by atoms with Crippen molar-refractivity contribution in [3.8, 4) is 0 Å². The summed E-state index contributed by atoms with van der Waals surface area (Å²) in [6.07, 6.45) is 7.64. The zero-order valence-corrected chi connectivity index (χ0v) is 20.0.